The fraction of sp³-hybridized carbons (Fsp3) is 0.0833. The number of carbonyl (C=O) groups is 2. The maximum atomic E-state index is 13.4. The van der Waals surface area contributed by atoms with Gasteiger partial charge in [-0.25, -0.2) is 9.29 Å². The molecule has 0 radical (unpaired) electrons. The summed E-state index contributed by atoms with van der Waals surface area (Å²) in [5.41, 5.74) is -0.691. The van der Waals surface area contributed by atoms with E-state index in [4.69, 9.17) is 4.74 Å². The van der Waals surface area contributed by atoms with Crippen molar-refractivity contribution in [3.05, 3.63) is 95.4 Å². The fourth-order valence-electron chi connectivity index (χ4n) is 3.41. The van der Waals surface area contributed by atoms with E-state index in [0.29, 0.717) is 11.3 Å². The van der Waals surface area contributed by atoms with Crippen molar-refractivity contribution in [2.24, 2.45) is 0 Å². The minimum atomic E-state index is -4.58. The Morgan fingerprint density at radius 2 is 1.55 bits per heavy atom. The Kier molecular flexibility index (Phi) is 5.63. The van der Waals surface area contributed by atoms with Crippen LogP contribution in [0.3, 0.4) is 0 Å². The van der Waals surface area contributed by atoms with Crippen LogP contribution in [0.1, 0.15) is 11.1 Å². The van der Waals surface area contributed by atoms with Gasteiger partial charge in [0, 0.05) is 5.69 Å². The van der Waals surface area contributed by atoms with Crippen LogP contribution in [-0.2, 0) is 15.8 Å². The molecule has 0 atom stereocenters. The molecule has 0 saturated heterocycles. The predicted molar refractivity (Wildman–Crippen MR) is 114 cm³/mol. The van der Waals surface area contributed by atoms with Gasteiger partial charge in [0.15, 0.2) is 0 Å². The van der Waals surface area contributed by atoms with Gasteiger partial charge in [0.2, 0.25) is 0 Å². The maximum Gasteiger partial charge on any atom is 0.416 e. The van der Waals surface area contributed by atoms with E-state index in [9.17, 15) is 27.2 Å². The monoisotopic (exact) mass is 456 g/mol. The van der Waals surface area contributed by atoms with Crippen molar-refractivity contribution < 1.29 is 31.9 Å². The summed E-state index contributed by atoms with van der Waals surface area (Å²) in [5.74, 6) is -1.52. The number of rotatable bonds is 5. The minimum Gasteiger partial charge on any atom is -0.497 e. The number of methoxy groups -OCH3 is 1. The molecule has 0 spiro atoms. The number of imide groups is 1. The number of amides is 2. The molecule has 0 unspecified atom stereocenters. The molecule has 0 bridgehead atoms. The van der Waals surface area contributed by atoms with Gasteiger partial charge in [-0.3, -0.25) is 9.59 Å². The summed E-state index contributed by atoms with van der Waals surface area (Å²) in [6, 6.07) is 15.3. The van der Waals surface area contributed by atoms with Crippen molar-refractivity contribution >= 4 is 28.8 Å². The lowest BCUT2D eigenvalue weighted by Gasteiger charge is -2.15. The van der Waals surface area contributed by atoms with Crippen LogP contribution in [0.5, 0.6) is 5.75 Å². The molecule has 3 aromatic carbocycles. The number of hydrogen-bond acceptors (Lipinski definition) is 4. The first kappa shape index (κ1) is 22.1. The molecule has 1 aliphatic rings. The molecule has 5 nitrogen and oxygen atoms in total. The van der Waals surface area contributed by atoms with Gasteiger partial charge >= 0.3 is 6.18 Å². The van der Waals surface area contributed by atoms with E-state index in [0.717, 1.165) is 29.2 Å². The maximum absolute atomic E-state index is 13.4. The number of alkyl halides is 3. The summed E-state index contributed by atoms with van der Waals surface area (Å²) in [6.07, 6.45) is -4.58. The number of benzene rings is 3. The highest BCUT2D eigenvalue weighted by Gasteiger charge is 2.40. The molecule has 1 aliphatic heterocycles. The molecule has 168 valence electrons. The van der Waals surface area contributed by atoms with Crippen molar-refractivity contribution in [2.45, 2.75) is 6.18 Å². The third-order valence-electron chi connectivity index (χ3n) is 5.01. The summed E-state index contributed by atoms with van der Waals surface area (Å²) in [7, 11) is 1.47. The highest BCUT2D eigenvalue weighted by Crippen LogP contribution is 2.36. The summed E-state index contributed by atoms with van der Waals surface area (Å²) in [5, 5.41) is 2.68. The molecule has 0 fully saturated rings. The number of carbonyl (C=O) groups excluding carboxylic acids is 2. The van der Waals surface area contributed by atoms with Gasteiger partial charge in [0.1, 0.15) is 17.3 Å². The Labute approximate surface area is 185 Å². The summed E-state index contributed by atoms with van der Waals surface area (Å²) < 4.78 is 57.9. The highest BCUT2D eigenvalue weighted by atomic mass is 19.4. The fourth-order valence-corrected chi connectivity index (χ4v) is 3.41. The smallest absolute Gasteiger partial charge is 0.416 e. The molecule has 2 amide bonds. The molecular formula is C24H16F4N2O3. The SMILES string of the molecule is COc1ccc(C2=C(Nc3cccc(C(F)(F)F)c3)C(=O)N(c3ccc(F)cc3)C2=O)cc1. The Bertz CT molecular complexity index is 1250. The molecule has 4 rings (SSSR count). The molecule has 3 aromatic rings. The third kappa shape index (κ3) is 4.30. The first-order valence-electron chi connectivity index (χ1n) is 9.66. The lowest BCUT2D eigenvalue weighted by molar-refractivity contribution is -0.137. The first-order chi connectivity index (χ1) is 15.7. The predicted octanol–water partition coefficient (Wildman–Crippen LogP) is 5.25. The van der Waals surface area contributed by atoms with Crippen LogP contribution in [0.4, 0.5) is 28.9 Å². The molecule has 1 heterocycles. The molecule has 0 saturated carbocycles. The molecule has 0 aromatic heterocycles. The van der Waals surface area contributed by atoms with Crippen LogP contribution in [-0.4, -0.2) is 18.9 Å². The van der Waals surface area contributed by atoms with Crippen molar-refractivity contribution in [3.63, 3.8) is 0 Å². The van der Waals surface area contributed by atoms with Gasteiger partial charge in [-0.15, -0.1) is 0 Å². The normalized spacial score (nSPS) is 14.2. The van der Waals surface area contributed by atoms with Crippen LogP contribution in [0.25, 0.3) is 5.57 Å². The molecule has 33 heavy (non-hydrogen) atoms. The number of halogens is 4. The summed E-state index contributed by atoms with van der Waals surface area (Å²) in [6.45, 7) is 0. The Balaban J connectivity index is 1.80. The lowest BCUT2D eigenvalue weighted by atomic mass is 10.0. The molecule has 1 N–H and O–H groups in total. The van der Waals surface area contributed by atoms with Gasteiger partial charge in [0.05, 0.1) is 23.9 Å². The van der Waals surface area contributed by atoms with Crippen LogP contribution < -0.4 is 15.0 Å². The Hall–Kier alpha value is -4.14. The summed E-state index contributed by atoms with van der Waals surface area (Å²) in [4.78, 5) is 27.4. The zero-order chi connectivity index (χ0) is 23.8. The second-order valence-corrected chi connectivity index (χ2v) is 7.10. The second kappa shape index (κ2) is 8.42. The van der Waals surface area contributed by atoms with E-state index < -0.39 is 29.4 Å². The van der Waals surface area contributed by atoms with Crippen molar-refractivity contribution in [1.29, 1.82) is 0 Å². The van der Waals surface area contributed by atoms with E-state index in [1.54, 1.807) is 24.3 Å². The number of anilines is 2. The molecule has 0 aliphatic carbocycles. The third-order valence-corrected chi connectivity index (χ3v) is 5.01. The van der Waals surface area contributed by atoms with Crippen LogP contribution in [0, 0.1) is 5.82 Å². The van der Waals surface area contributed by atoms with Crippen LogP contribution in [0.15, 0.2) is 78.5 Å². The second-order valence-electron chi connectivity index (χ2n) is 7.10. The van der Waals surface area contributed by atoms with Gasteiger partial charge in [0.25, 0.3) is 11.8 Å². The average Bonchev–Trinajstić information content (AvgIpc) is 3.03. The minimum absolute atomic E-state index is 0.0204. The number of nitrogens with zero attached hydrogens (tertiary/aromatic N) is 1. The lowest BCUT2D eigenvalue weighted by Crippen LogP contribution is -2.32. The summed E-state index contributed by atoms with van der Waals surface area (Å²) >= 11 is 0. The van der Waals surface area contributed by atoms with Crippen molar-refractivity contribution in [3.8, 4) is 5.75 Å². The van der Waals surface area contributed by atoms with Gasteiger partial charge in [-0.2, -0.15) is 13.2 Å². The van der Waals surface area contributed by atoms with Crippen molar-refractivity contribution in [1.82, 2.24) is 0 Å². The Morgan fingerprint density at radius 3 is 2.15 bits per heavy atom. The standard InChI is InChI=1S/C24H16F4N2O3/c1-33-19-11-5-14(6-12-19)20-21(29-17-4-2-3-15(13-17)24(26,27)28)23(32)30(22(20)31)18-9-7-16(25)8-10-18/h2-13,29H,1H3. The van der Waals surface area contributed by atoms with Gasteiger partial charge < -0.3 is 10.1 Å². The number of hydrogen-bond donors (Lipinski definition) is 1. The number of ether oxygens (including phenoxy) is 1. The van der Waals surface area contributed by atoms with E-state index in [-0.39, 0.29) is 22.6 Å². The highest BCUT2D eigenvalue weighted by molar-refractivity contribution is 6.46. The number of nitrogens with one attached hydrogen (secondary N) is 1. The van der Waals surface area contributed by atoms with E-state index >= 15 is 0 Å². The topological polar surface area (TPSA) is 58.6 Å². The van der Waals surface area contributed by atoms with E-state index in [1.807, 2.05) is 0 Å². The van der Waals surface area contributed by atoms with Crippen LogP contribution >= 0.6 is 0 Å². The average molecular weight is 456 g/mol. The van der Waals surface area contributed by atoms with E-state index in [2.05, 4.69) is 5.32 Å². The largest absolute Gasteiger partial charge is 0.497 e. The zero-order valence-electron chi connectivity index (χ0n) is 17.1. The molecule has 9 heteroatoms. The van der Waals surface area contributed by atoms with Crippen LogP contribution in [0.2, 0.25) is 0 Å². The van der Waals surface area contributed by atoms with E-state index in [1.165, 1.54) is 31.4 Å². The molecular weight excluding hydrogens is 440 g/mol. The van der Waals surface area contributed by atoms with Gasteiger partial charge in [-0.05, 0) is 60.2 Å². The zero-order valence-corrected chi connectivity index (χ0v) is 17.1. The quantitative estimate of drug-likeness (QED) is 0.421. The Morgan fingerprint density at radius 1 is 0.879 bits per heavy atom. The van der Waals surface area contributed by atoms with Crippen molar-refractivity contribution in [2.75, 3.05) is 17.3 Å². The first-order valence-corrected chi connectivity index (χ1v) is 9.66. The van der Waals surface area contributed by atoms with Gasteiger partial charge in [-0.1, -0.05) is 18.2 Å².